The van der Waals surface area contributed by atoms with Gasteiger partial charge in [-0.3, -0.25) is 0 Å². The standard InChI is InChI=1S/C16H21NO3/c1-4-17-11(3)13(6-5-7-18)14-9-12(16(19)20)8-10(2)15(14)17/h8-9,18H,4-7H2,1-3H3,(H,19,20). The van der Waals surface area contributed by atoms with Gasteiger partial charge in [0.25, 0.3) is 0 Å². The second-order valence-corrected chi connectivity index (χ2v) is 5.13. The van der Waals surface area contributed by atoms with Crippen LogP contribution in [-0.4, -0.2) is 27.4 Å². The van der Waals surface area contributed by atoms with E-state index in [9.17, 15) is 9.90 Å². The summed E-state index contributed by atoms with van der Waals surface area (Å²) in [5, 5.41) is 19.3. The molecule has 20 heavy (non-hydrogen) atoms. The highest BCUT2D eigenvalue weighted by Crippen LogP contribution is 2.30. The van der Waals surface area contributed by atoms with Crippen LogP contribution in [0.4, 0.5) is 0 Å². The highest BCUT2D eigenvalue weighted by Gasteiger charge is 2.17. The zero-order valence-corrected chi connectivity index (χ0v) is 12.2. The minimum Gasteiger partial charge on any atom is -0.478 e. The number of aliphatic hydroxyl groups is 1. The summed E-state index contributed by atoms with van der Waals surface area (Å²) < 4.78 is 2.23. The number of aromatic carboxylic acids is 1. The molecule has 0 amide bonds. The molecular weight excluding hydrogens is 254 g/mol. The molecule has 0 saturated carbocycles. The Labute approximate surface area is 118 Å². The lowest BCUT2D eigenvalue weighted by Gasteiger charge is -2.07. The van der Waals surface area contributed by atoms with Crippen molar-refractivity contribution in [2.75, 3.05) is 6.61 Å². The van der Waals surface area contributed by atoms with Gasteiger partial charge in [0, 0.05) is 24.2 Å². The summed E-state index contributed by atoms with van der Waals surface area (Å²) in [4.78, 5) is 11.2. The van der Waals surface area contributed by atoms with Crippen molar-refractivity contribution < 1.29 is 15.0 Å². The lowest BCUT2D eigenvalue weighted by molar-refractivity contribution is 0.0697. The minimum atomic E-state index is -0.898. The number of aryl methyl sites for hydroxylation is 3. The third-order valence-electron chi connectivity index (χ3n) is 3.89. The molecule has 0 radical (unpaired) electrons. The van der Waals surface area contributed by atoms with Gasteiger partial charge < -0.3 is 14.8 Å². The summed E-state index contributed by atoms with van der Waals surface area (Å²) in [6.07, 6.45) is 1.47. The molecule has 0 atom stereocenters. The van der Waals surface area contributed by atoms with Gasteiger partial charge in [-0.1, -0.05) is 0 Å². The van der Waals surface area contributed by atoms with E-state index >= 15 is 0 Å². The molecule has 1 heterocycles. The van der Waals surface area contributed by atoms with E-state index in [0.717, 1.165) is 35.0 Å². The van der Waals surface area contributed by atoms with Gasteiger partial charge >= 0.3 is 5.97 Å². The van der Waals surface area contributed by atoms with E-state index in [1.54, 1.807) is 12.1 Å². The number of hydrogen-bond donors (Lipinski definition) is 2. The van der Waals surface area contributed by atoms with E-state index in [1.165, 1.54) is 5.69 Å². The van der Waals surface area contributed by atoms with Gasteiger partial charge in [0.1, 0.15) is 0 Å². The van der Waals surface area contributed by atoms with Crippen LogP contribution in [-0.2, 0) is 13.0 Å². The van der Waals surface area contributed by atoms with Crippen molar-refractivity contribution in [2.24, 2.45) is 0 Å². The van der Waals surface area contributed by atoms with Gasteiger partial charge in [-0.2, -0.15) is 0 Å². The summed E-state index contributed by atoms with van der Waals surface area (Å²) in [7, 11) is 0. The number of carbonyl (C=O) groups is 1. The van der Waals surface area contributed by atoms with Crippen LogP contribution in [0.15, 0.2) is 12.1 Å². The van der Waals surface area contributed by atoms with Crippen molar-refractivity contribution in [3.8, 4) is 0 Å². The fraction of sp³-hybridized carbons (Fsp3) is 0.438. The number of aromatic nitrogens is 1. The van der Waals surface area contributed by atoms with E-state index < -0.39 is 5.97 Å². The van der Waals surface area contributed by atoms with Crippen LogP contribution in [0.5, 0.6) is 0 Å². The molecule has 0 bridgehead atoms. The second-order valence-electron chi connectivity index (χ2n) is 5.13. The van der Waals surface area contributed by atoms with Gasteiger partial charge in [-0.15, -0.1) is 0 Å². The smallest absolute Gasteiger partial charge is 0.335 e. The molecule has 4 heteroatoms. The molecule has 0 aliphatic carbocycles. The maximum Gasteiger partial charge on any atom is 0.335 e. The predicted molar refractivity (Wildman–Crippen MR) is 79.5 cm³/mol. The maximum atomic E-state index is 11.2. The fourth-order valence-electron chi connectivity index (χ4n) is 2.98. The molecule has 0 saturated heterocycles. The number of carboxylic acid groups (broad SMARTS) is 1. The van der Waals surface area contributed by atoms with E-state index in [0.29, 0.717) is 12.0 Å². The lowest BCUT2D eigenvalue weighted by Crippen LogP contribution is -2.00. The molecule has 2 N–H and O–H groups in total. The van der Waals surface area contributed by atoms with Gasteiger partial charge in [0.15, 0.2) is 0 Å². The molecule has 108 valence electrons. The van der Waals surface area contributed by atoms with Crippen molar-refractivity contribution in [3.63, 3.8) is 0 Å². The van der Waals surface area contributed by atoms with E-state index in [1.807, 2.05) is 6.92 Å². The quantitative estimate of drug-likeness (QED) is 0.882. The van der Waals surface area contributed by atoms with Crippen LogP contribution in [0.2, 0.25) is 0 Å². The molecule has 2 aromatic rings. The molecule has 2 rings (SSSR count). The second kappa shape index (κ2) is 5.67. The minimum absolute atomic E-state index is 0.149. The van der Waals surface area contributed by atoms with Crippen molar-refractivity contribution >= 4 is 16.9 Å². The van der Waals surface area contributed by atoms with Crippen LogP contribution in [0.1, 0.15) is 40.5 Å². The third kappa shape index (κ3) is 2.31. The Morgan fingerprint density at radius 3 is 2.55 bits per heavy atom. The molecule has 0 spiro atoms. The average molecular weight is 275 g/mol. The molecule has 1 aromatic carbocycles. The Kier molecular flexibility index (Phi) is 4.14. The van der Waals surface area contributed by atoms with Crippen LogP contribution in [0.25, 0.3) is 10.9 Å². The van der Waals surface area contributed by atoms with Crippen molar-refractivity contribution in [2.45, 2.75) is 40.2 Å². The molecule has 4 nitrogen and oxygen atoms in total. The number of nitrogens with zero attached hydrogens (tertiary/aromatic N) is 1. The number of aliphatic hydroxyl groups excluding tert-OH is 1. The highest BCUT2D eigenvalue weighted by atomic mass is 16.4. The number of hydrogen-bond acceptors (Lipinski definition) is 2. The first-order valence-electron chi connectivity index (χ1n) is 6.97. The normalized spacial score (nSPS) is 11.2. The number of fused-ring (bicyclic) bond motifs is 1. The zero-order valence-electron chi connectivity index (χ0n) is 12.2. The third-order valence-corrected chi connectivity index (χ3v) is 3.89. The topological polar surface area (TPSA) is 62.5 Å². The van der Waals surface area contributed by atoms with Gasteiger partial charge in [0.2, 0.25) is 0 Å². The number of carboxylic acids is 1. The van der Waals surface area contributed by atoms with Crippen molar-refractivity contribution in [1.29, 1.82) is 0 Å². The van der Waals surface area contributed by atoms with Gasteiger partial charge in [0.05, 0.1) is 11.1 Å². The van der Waals surface area contributed by atoms with Crippen molar-refractivity contribution in [1.82, 2.24) is 4.57 Å². The zero-order chi connectivity index (χ0) is 14.9. The Hall–Kier alpha value is -1.81. The Balaban J connectivity index is 2.76. The predicted octanol–water partition coefficient (Wildman–Crippen LogP) is 2.90. The van der Waals surface area contributed by atoms with E-state index in [4.69, 9.17) is 5.11 Å². The molecule has 0 aliphatic rings. The van der Waals surface area contributed by atoms with Crippen LogP contribution < -0.4 is 0 Å². The Morgan fingerprint density at radius 2 is 2.00 bits per heavy atom. The molecule has 0 unspecified atom stereocenters. The number of benzene rings is 1. The lowest BCUT2D eigenvalue weighted by atomic mass is 10.0. The fourth-order valence-corrected chi connectivity index (χ4v) is 2.98. The SMILES string of the molecule is CCn1c(C)c(CCCO)c2cc(C(=O)O)cc(C)c21. The van der Waals surface area contributed by atoms with Crippen molar-refractivity contribution in [3.05, 3.63) is 34.5 Å². The van der Waals surface area contributed by atoms with Crippen LogP contribution in [0, 0.1) is 13.8 Å². The molecule has 1 aromatic heterocycles. The Morgan fingerprint density at radius 1 is 1.30 bits per heavy atom. The van der Waals surface area contributed by atoms with Gasteiger partial charge in [-0.05, 0) is 56.9 Å². The van der Waals surface area contributed by atoms with E-state index in [2.05, 4.69) is 18.4 Å². The molecular formula is C16H21NO3. The summed E-state index contributed by atoms with van der Waals surface area (Å²) in [5.74, 6) is -0.898. The van der Waals surface area contributed by atoms with Crippen LogP contribution >= 0.6 is 0 Å². The maximum absolute atomic E-state index is 11.2. The van der Waals surface area contributed by atoms with Gasteiger partial charge in [-0.25, -0.2) is 4.79 Å². The summed E-state index contributed by atoms with van der Waals surface area (Å²) >= 11 is 0. The average Bonchev–Trinajstić information content (AvgIpc) is 2.68. The van der Waals surface area contributed by atoms with E-state index in [-0.39, 0.29) is 6.61 Å². The first-order valence-corrected chi connectivity index (χ1v) is 6.97. The molecule has 0 fully saturated rings. The first kappa shape index (κ1) is 14.6. The summed E-state index contributed by atoms with van der Waals surface area (Å²) in [5.41, 5.74) is 4.75. The largest absolute Gasteiger partial charge is 0.478 e. The highest BCUT2D eigenvalue weighted by molar-refractivity contribution is 5.97. The Bertz CT molecular complexity index is 656. The van der Waals surface area contributed by atoms with Crippen LogP contribution in [0.3, 0.4) is 0 Å². The summed E-state index contributed by atoms with van der Waals surface area (Å²) in [6.45, 7) is 7.11. The molecule has 0 aliphatic heterocycles. The monoisotopic (exact) mass is 275 g/mol. The first-order chi connectivity index (χ1) is 9.51. The number of rotatable bonds is 5. The summed E-state index contributed by atoms with van der Waals surface area (Å²) in [6, 6.07) is 3.49.